The standard InChI is InChI=1S/C23H24N2O5/c1-13-19(9-8-17-16-5-4-6-18(16)23(27)30-21(13)17)29-14(2)22(26)25-12-15-7-10-20(28-3)24-11-15/h7-11,14H,4-6,12H2,1-3H3,(H,25,26). The van der Waals surface area contributed by atoms with Crippen LogP contribution in [0.15, 0.2) is 39.7 Å². The van der Waals surface area contributed by atoms with Gasteiger partial charge >= 0.3 is 5.63 Å². The molecule has 2 heterocycles. The number of methoxy groups -OCH3 is 1. The molecule has 0 spiro atoms. The van der Waals surface area contributed by atoms with E-state index in [2.05, 4.69) is 10.3 Å². The van der Waals surface area contributed by atoms with Crippen LogP contribution >= 0.6 is 0 Å². The third kappa shape index (κ3) is 3.75. The number of aromatic nitrogens is 1. The molecule has 1 N–H and O–H groups in total. The SMILES string of the molecule is COc1ccc(CNC(=O)C(C)Oc2ccc3c4c(c(=O)oc3c2C)CCC4)cn1. The lowest BCUT2D eigenvalue weighted by Crippen LogP contribution is -2.36. The minimum atomic E-state index is -0.714. The number of amides is 1. The molecule has 1 unspecified atom stereocenters. The third-order valence-corrected chi connectivity index (χ3v) is 5.49. The van der Waals surface area contributed by atoms with Crippen LogP contribution in [0.25, 0.3) is 11.0 Å². The first-order valence-corrected chi connectivity index (χ1v) is 9.99. The number of carbonyl (C=O) groups excluding carboxylic acids is 1. The summed E-state index contributed by atoms with van der Waals surface area (Å²) in [6.07, 6.45) is 3.56. The van der Waals surface area contributed by atoms with Crippen LogP contribution in [0.1, 0.15) is 35.6 Å². The summed E-state index contributed by atoms with van der Waals surface area (Å²) in [5.41, 5.74) is 3.71. The lowest BCUT2D eigenvalue weighted by atomic mass is 10.0. The monoisotopic (exact) mass is 408 g/mol. The van der Waals surface area contributed by atoms with E-state index in [4.69, 9.17) is 13.9 Å². The summed E-state index contributed by atoms with van der Waals surface area (Å²) in [4.78, 5) is 28.9. The molecule has 7 nitrogen and oxygen atoms in total. The minimum absolute atomic E-state index is 0.249. The molecular formula is C23H24N2O5. The molecule has 0 radical (unpaired) electrons. The van der Waals surface area contributed by atoms with Crippen LogP contribution in [0.4, 0.5) is 0 Å². The highest BCUT2D eigenvalue weighted by molar-refractivity contribution is 5.86. The first-order valence-electron chi connectivity index (χ1n) is 9.99. The molecule has 0 bridgehead atoms. The Hall–Kier alpha value is -3.35. The lowest BCUT2D eigenvalue weighted by Gasteiger charge is -2.17. The van der Waals surface area contributed by atoms with Gasteiger partial charge in [-0.15, -0.1) is 0 Å². The zero-order chi connectivity index (χ0) is 21.3. The van der Waals surface area contributed by atoms with Crippen molar-refractivity contribution >= 4 is 16.9 Å². The van der Waals surface area contributed by atoms with E-state index in [-0.39, 0.29) is 11.5 Å². The number of aryl methyl sites for hydroxylation is 2. The summed E-state index contributed by atoms with van der Waals surface area (Å²) in [5, 5.41) is 3.79. The van der Waals surface area contributed by atoms with E-state index in [1.165, 1.54) is 0 Å². The minimum Gasteiger partial charge on any atom is -0.481 e. The maximum absolute atomic E-state index is 12.5. The largest absolute Gasteiger partial charge is 0.481 e. The fourth-order valence-corrected chi connectivity index (χ4v) is 3.80. The average Bonchev–Trinajstić information content (AvgIpc) is 3.25. The van der Waals surface area contributed by atoms with Gasteiger partial charge in [-0.25, -0.2) is 9.78 Å². The van der Waals surface area contributed by atoms with Crippen molar-refractivity contribution in [2.24, 2.45) is 0 Å². The van der Waals surface area contributed by atoms with Crippen LogP contribution in [-0.4, -0.2) is 24.1 Å². The predicted octanol–water partition coefficient (Wildman–Crippen LogP) is 3.08. The molecule has 0 saturated carbocycles. The fraction of sp³-hybridized carbons (Fsp3) is 0.348. The number of fused-ring (bicyclic) bond motifs is 3. The number of benzene rings is 1. The van der Waals surface area contributed by atoms with Crippen molar-refractivity contribution in [1.82, 2.24) is 10.3 Å². The van der Waals surface area contributed by atoms with E-state index in [9.17, 15) is 9.59 Å². The quantitative estimate of drug-likeness (QED) is 0.631. The molecular weight excluding hydrogens is 384 g/mol. The normalized spacial score (nSPS) is 13.7. The number of hydrogen-bond donors (Lipinski definition) is 1. The number of hydrogen-bond acceptors (Lipinski definition) is 6. The topological polar surface area (TPSA) is 90.7 Å². The second-order valence-corrected chi connectivity index (χ2v) is 7.45. The Kier molecular flexibility index (Phi) is 5.44. The molecule has 4 rings (SSSR count). The van der Waals surface area contributed by atoms with E-state index in [0.717, 1.165) is 46.9 Å². The van der Waals surface area contributed by atoms with Crippen LogP contribution in [0.3, 0.4) is 0 Å². The predicted molar refractivity (Wildman–Crippen MR) is 112 cm³/mol. The lowest BCUT2D eigenvalue weighted by molar-refractivity contribution is -0.127. The highest BCUT2D eigenvalue weighted by Crippen LogP contribution is 2.33. The summed E-state index contributed by atoms with van der Waals surface area (Å²) in [6, 6.07) is 7.34. The maximum atomic E-state index is 12.5. The molecule has 0 aliphatic heterocycles. The molecule has 2 aromatic heterocycles. The first-order chi connectivity index (χ1) is 14.5. The van der Waals surface area contributed by atoms with Crippen LogP contribution in [0, 0.1) is 6.92 Å². The van der Waals surface area contributed by atoms with E-state index >= 15 is 0 Å². The second kappa shape index (κ2) is 8.18. The highest BCUT2D eigenvalue weighted by Gasteiger charge is 2.22. The molecule has 1 aromatic carbocycles. The molecule has 1 aliphatic rings. The molecule has 1 aliphatic carbocycles. The van der Waals surface area contributed by atoms with Gasteiger partial charge in [0.05, 0.1) is 7.11 Å². The van der Waals surface area contributed by atoms with Gasteiger partial charge in [-0.1, -0.05) is 6.07 Å². The Morgan fingerprint density at radius 2 is 2.03 bits per heavy atom. The summed E-state index contributed by atoms with van der Waals surface area (Å²) in [6.45, 7) is 3.86. The van der Waals surface area contributed by atoms with Crippen molar-refractivity contribution < 1.29 is 18.7 Å². The van der Waals surface area contributed by atoms with Gasteiger partial charge < -0.3 is 19.2 Å². The van der Waals surface area contributed by atoms with Crippen LogP contribution in [0.5, 0.6) is 11.6 Å². The Labute approximate surface area is 174 Å². The number of carbonyl (C=O) groups is 1. The van der Waals surface area contributed by atoms with E-state index in [1.54, 1.807) is 26.3 Å². The first kappa shape index (κ1) is 19.9. The zero-order valence-corrected chi connectivity index (χ0v) is 17.3. The third-order valence-electron chi connectivity index (χ3n) is 5.49. The van der Waals surface area contributed by atoms with Crippen LogP contribution < -0.4 is 20.4 Å². The number of nitrogens with zero attached hydrogens (tertiary/aromatic N) is 1. The molecule has 1 amide bonds. The van der Waals surface area contributed by atoms with E-state index in [1.807, 2.05) is 25.1 Å². The molecule has 0 fully saturated rings. The summed E-state index contributed by atoms with van der Waals surface area (Å²) in [7, 11) is 1.55. The van der Waals surface area contributed by atoms with Crippen molar-refractivity contribution in [2.45, 2.75) is 45.8 Å². The molecule has 0 saturated heterocycles. The molecule has 156 valence electrons. The summed E-state index contributed by atoms with van der Waals surface area (Å²) >= 11 is 0. The van der Waals surface area contributed by atoms with Crippen molar-refractivity contribution in [2.75, 3.05) is 7.11 Å². The van der Waals surface area contributed by atoms with Gasteiger partial charge in [0, 0.05) is 35.3 Å². The van der Waals surface area contributed by atoms with Crippen molar-refractivity contribution in [3.8, 4) is 11.6 Å². The van der Waals surface area contributed by atoms with Gasteiger partial charge in [0.1, 0.15) is 11.3 Å². The number of rotatable bonds is 6. The van der Waals surface area contributed by atoms with E-state index < -0.39 is 6.10 Å². The Balaban J connectivity index is 1.47. The van der Waals surface area contributed by atoms with Crippen molar-refractivity contribution in [3.05, 3.63) is 63.1 Å². The molecule has 3 aromatic rings. The smallest absolute Gasteiger partial charge is 0.339 e. The maximum Gasteiger partial charge on any atom is 0.339 e. The van der Waals surface area contributed by atoms with Crippen molar-refractivity contribution in [3.63, 3.8) is 0 Å². The molecule has 7 heteroatoms. The van der Waals surface area contributed by atoms with Gasteiger partial charge in [-0.05, 0) is 56.4 Å². The molecule has 30 heavy (non-hydrogen) atoms. The van der Waals surface area contributed by atoms with Gasteiger partial charge in [-0.2, -0.15) is 0 Å². The van der Waals surface area contributed by atoms with E-state index in [0.29, 0.717) is 23.8 Å². The van der Waals surface area contributed by atoms with Crippen LogP contribution in [-0.2, 0) is 24.2 Å². The number of nitrogens with one attached hydrogen (secondary N) is 1. The summed E-state index contributed by atoms with van der Waals surface area (Å²) in [5.74, 6) is 0.795. The Morgan fingerprint density at radius 1 is 1.23 bits per heavy atom. The number of ether oxygens (including phenoxy) is 2. The highest BCUT2D eigenvalue weighted by atomic mass is 16.5. The number of pyridine rings is 1. The molecule has 1 atom stereocenters. The van der Waals surface area contributed by atoms with Gasteiger partial charge in [-0.3, -0.25) is 4.79 Å². The zero-order valence-electron chi connectivity index (χ0n) is 17.3. The van der Waals surface area contributed by atoms with Gasteiger partial charge in [0.2, 0.25) is 5.88 Å². The average molecular weight is 408 g/mol. The Morgan fingerprint density at radius 3 is 2.77 bits per heavy atom. The van der Waals surface area contributed by atoms with Gasteiger partial charge in [0.25, 0.3) is 5.91 Å². The summed E-state index contributed by atoms with van der Waals surface area (Å²) < 4.78 is 16.5. The second-order valence-electron chi connectivity index (χ2n) is 7.45. The fourth-order valence-electron chi connectivity index (χ4n) is 3.80. The van der Waals surface area contributed by atoms with Crippen LogP contribution in [0.2, 0.25) is 0 Å². The van der Waals surface area contributed by atoms with Gasteiger partial charge in [0.15, 0.2) is 6.10 Å². The Bertz CT molecular complexity index is 1150. The van der Waals surface area contributed by atoms with Crippen molar-refractivity contribution in [1.29, 1.82) is 0 Å².